The fourth-order valence-electron chi connectivity index (χ4n) is 3.06. The van der Waals surface area contributed by atoms with Gasteiger partial charge in [-0.05, 0) is 52.0 Å². The van der Waals surface area contributed by atoms with Crippen LogP contribution in [0.15, 0.2) is 47.4 Å². The number of esters is 1. The zero-order valence-electron chi connectivity index (χ0n) is 19.9. The Labute approximate surface area is 210 Å². The Morgan fingerprint density at radius 2 is 1.97 bits per heavy atom. The van der Waals surface area contributed by atoms with Crippen LogP contribution in [0, 0.1) is 4.77 Å². The second-order valence-electron chi connectivity index (χ2n) is 8.32. The summed E-state index contributed by atoms with van der Waals surface area (Å²) >= 11 is 5.10. The molecule has 1 aliphatic heterocycles. The summed E-state index contributed by atoms with van der Waals surface area (Å²) < 4.78 is 17.7. The van der Waals surface area contributed by atoms with Crippen molar-refractivity contribution in [2.45, 2.75) is 63.9 Å². The summed E-state index contributed by atoms with van der Waals surface area (Å²) in [5.41, 5.74) is -2.04. The molecule has 5 N–H and O–H groups in total. The number of carbonyl (C=O) groups is 1. The Morgan fingerprint density at radius 1 is 1.31 bits per heavy atom. The number of nitrogens with one attached hydrogen (secondary N) is 2. The third kappa shape index (κ3) is 8.46. The van der Waals surface area contributed by atoms with Crippen LogP contribution in [0.5, 0.6) is 5.75 Å². The quantitative estimate of drug-likeness (QED) is 0.148. The van der Waals surface area contributed by atoms with Gasteiger partial charge in [-0.15, -0.1) is 0 Å². The molecule has 1 saturated heterocycles. The largest absolute Gasteiger partial charge is 0.508 e. The molecule has 11 nitrogen and oxygen atoms in total. The number of phenols is 1. The number of aromatic amines is 1. The highest BCUT2D eigenvalue weighted by Crippen LogP contribution is 2.38. The Kier molecular flexibility index (Phi) is 11.0. The summed E-state index contributed by atoms with van der Waals surface area (Å²) in [4.78, 5) is 25.5. The number of benzene rings is 1. The normalized spacial score (nSPS) is 24.8. The van der Waals surface area contributed by atoms with E-state index in [1.54, 1.807) is 45.0 Å². The maximum atomic E-state index is 11.7. The van der Waals surface area contributed by atoms with E-state index < -0.39 is 36.0 Å². The van der Waals surface area contributed by atoms with Crippen molar-refractivity contribution < 1.29 is 34.1 Å². The fourth-order valence-corrected chi connectivity index (χ4v) is 3.95. The van der Waals surface area contributed by atoms with Crippen LogP contribution in [-0.4, -0.2) is 67.4 Å². The maximum absolute atomic E-state index is 11.7. The van der Waals surface area contributed by atoms with Crippen molar-refractivity contribution in [1.82, 2.24) is 14.6 Å². The minimum atomic E-state index is -1.66. The number of phenolic OH excluding ortho intramolecular Hbond substituents is 1. The van der Waals surface area contributed by atoms with Crippen molar-refractivity contribution in [2.75, 3.05) is 6.61 Å². The number of aliphatic hydroxyl groups excluding tert-OH is 1. The first kappa shape index (κ1) is 29.1. The van der Waals surface area contributed by atoms with Crippen molar-refractivity contribution in [2.24, 2.45) is 0 Å². The Balaban J connectivity index is 0.000000527. The molecule has 6 atom stereocenters. The zero-order valence-corrected chi connectivity index (χ0v) is 21.7. The Morgan fingerprint density at radius 3 is 2.51 bits per heavy atom. The van der Waals surface area contributed by atoms with E-state index in [-0.39, 0.29) is 32.0 Å². The number of aromatic nitrogens is 2. The highest BCUT2D eigenvalue weighted by molar-refractivity contribution is 7.71. The van der Waals surface area contributed by atoms with Crippen LogP contribution < -0.4 is 10.6 Å². The van der Waals surface area contributed by atoms with Gasteiger partial charge in [0, 0.05) is 12.3 Å². The van der Waals surface area contributed by atoms with Crippen LogP contribution in [0.3, 0.4) is 0 Å². The second kappa shape index (κ2) is 13.2. The van der Waals surface area contributed by atoms with E-state index in [0.717, 1.165) is 0 Å². The summed E-state index contributed by atoms with van der Waals surface area (Å²) in [5.74, 6) is -0.0683. The molecule has 1 aromatic carbocycles. The zero-order chi connectivity index (χ0) is 26.2. The minimum absolute atomic E-state index is 0.0259. The van der Waals surface area contributed by atoms with Crippen LogP contribution in [-0.2, 0) is 18.8 Å². The number of H-pyrrole nitrogens is 1. The first-order chi connectivity index (χ1) is 16.4. The molecule has 2 aromatic rings. The standard InChI is InChI=1S/C16H26N3O7PS.C6H6O/c1-8(2)25-13(22)9(3)18-27-24-7-10-12(21)16(4,23)14(26-10)19-6-5-11(20)17-15(19)28;7-6-4-2-1-3-5-6/h5-6,8-10,12,14,18,21,23,27H,7H2,1-4H3,(H,17,20,28);1-5,7H. The maximum Gasteiger partial charge on any atom is 0.323 e. The Bertz CT molecular complexity index is 1060. The molecule has 0 bridgehead atoms. The van der Waals surface area contributed by atoms with Crippen LogP contribution in [0.25, 0.3) is 0 Å². The van der Waals surface area contributed by atoms with E-state index in [2.05, 4.69) is 10.1 Å². The molecule has 0 saturated carbocycles. The molecule has 194 valence electrons. The number of nitrogens with zero attached hydrogens (tertiary/aromatic N) is 1. The number of hydrogen-bond donors (Lipinski definition) is 5. The van der Waals surface area contributed by atoms with Crippen molar-refractivity contribution >= 4 is 27.1 Å². The molecule has 0 amide bonds. The number of carbonyl (C=O) groups excluding carboxylic acids is 1. The molecule has 2 heterocycles. The van der Waals surface area contributed by atoms with E-state index in [0.29, 0.717) is 5.75 Å². The predicted molar refractivity (Wildman–Crippen MR) is 133 cm³/mol. The number of aromatic hydroxyl groups is 1. The van der Waals surface area contributed by atoms with Gasteiger partial charge in [0.05, 0.1) is 21.7 Å². The van der Waals surface area contributed by atoms with Gasteiger partial charge in [0.1, 0.15) is 29.6 Å². The van der Waals surface area contributed by atoms with Gasteiger partial charge in [0.25, 0.3) is 5.56 Å². The Hall–Kier alpha value is -2.18. The summed E-state index contributed by atoms with van der Waals surface area (Å²) in [6, 6.07) is 9.41. The van der Waals surface area contributed by atoms with Crippen molar-refractivity contribution in [3.05, 3.63) is 57.7 Å². The molecule has 35 heavy (non-hydrogen) atoms. The number of ether oxygens (including phenoxy) is 2. The van der Waals surface area contributed by atoms with Gasteiger partial charge in [-0.3, -0.25) is 24.2 Å². The smallest absolute Gasteiger partial charge is 0.323 e. The molecule has 0 spiro atoms. The number of rotatable bonds is 8. The van der Waals surface area contributed by atoms with Gasteiger partial charge < -0.3 is 29.3 Å². The van der Waals surface area contributed by atoms with E-state index in [1.165, 1.54) is 23.8 Å². The lowest BCUT2D eigenvalue weighted by molar-refractivity contribution is -0.148. The van der Waals surface area contributed by atoms with Crippen molar-refractivity contribution in [3.8, 4) is 5.75 Å². The molecule has 6 unspecified atom stereocenters. The van der Waals surface area contributed by atoms with Gasteiger partial charge in [0.15, 0.2) is 11.0 Å². The van der Waals surface area contributed by atoms with Crippen molar-refractivity contribution in [3.63, 3.8) is 0 Å². The van der Waals surface area contributed by atoms with Gasteiger partial charge >= 0.3 is 5.97 Å². The summed E-state index contributed by atoms with van der Waals surface area (Å²) in [7, 11) is -0.244. The lowest BCUT2D eigenvalue weighted by Crippen LogP contribution is -2.44. The topological polar surface area (TPSA) is 155 Å². The van der Waals surface area contributed by atoms with Gasteiger partial charge in [-0.25, -0.2) is 0 Å². The highest BCUT2D eigenvalue weighted by atomic mass is 32.1. The summed E-state index contributed by atoms with van der Waals surface area (Å²) in [5, 5.41) is 32.6. The van der Waals surface area contributed by atoms with Gasteiger partial charge in [0.2, 0.25) is 0 Å². The molecule has 0 aliphatic carbocycles. The van der Waals surface area contributed by atoms with E-state index in [9.17, 15) is 19.8 Å². The second-order valence-corrected chi connectivity index (χ2v) is 9.48. The SMILES string of the molecule is CC(C)OC(=O)C(C)NPOCC1OC(n2ccc(=O)[nH]c2=S)C(C)(O)C1O.Oc1ccccc1. The number of para-hydroxylation sites is 1. The van der Waals surface area contributed by atoms with Crippen LogP contribution in [0.2, 0.25) is 0 Å². The molecule has 1 fully saturated rings. The molecule has 3 rings (SSSR count). The molecule has 0 radical (unpaired) electrons. The monoisotopic (exact) mass is 529 g/mol. The first-order valence-electron chi connectivity index (χ1n) is 10.9. The third-order valence-electron chi connectivity index (χ3n) is 4.92. The lowest BCUT2D eigenvalue weighted by Gasteiger charge is -2.27. The fraction of sp³-hybridized carbons (Fsp3) is 0.500. The minimum Gasteiger partial charge on any atom is -0.508 e. The summed E-state index contributed by atoms with van der Waals surface area (Å²) in [6.07, 6.45) is -1.90. The van der Waals surface area contributed by atoms with E-state index in [1.807, 2.05) is 6.07 Å². The lowest BCUT2D eigenvalue weighted by atomic mass is 9.96. The van der Waals surface area contributed by atoms with Crippen molar-refractivity contribution in [1.29, 1.82) is 0 Å². The average Bonchev–Trinajstić information content (AvgIpc) is 3.00. The number of hydrogen-bond acceptors (Lipinski definition) is 10. The summed E-state index contributed by atoms with van der Waals surface area (Å²) in [6.45, 7) is 6.57. The van der Waals surface area contributed by atoms with Crippen LogP contribution in [0.4, 0.5) is 0 Å². The van der Waals surface area contributed by atoms with E-state index >= 15 is 0 Å². The molecule has 1 aromatic heterocycles. The van der Waals surface area contributed by atoms with Crippen LogP contribution >= 0.6 is 21.2 Å². The third-order valence-corrected chi connectivity index (χ3v) is 6.09. The highest BCUT2D eigenvalue weighted by Gasteiger charge is 2.53. The molecular weight excluding hydrogens is 497 g/mol. The van der Waals surface area contributed by atoms with Gasteiger partial charge in [-0.2, -0.15) is 0 Å². The van der Waals surface area contributed by atoms with E-state index in [4.69, 9.17) is 31.3 Å². The molecule has 13 heteroatoms. The molecular formula is C22H32N3O8PS. The first-order valence-corrected chi connectivity index (χ1v) is 12.2. The van der Waals surface area contributed by atoms with Gasteiger partial charge in [-0.1, -0.05) is 18.2 Å². The predicted octanol–water partition coefficient (Wildman–Crippen LogP) is 1.76. The molecule has 1 aliphatic rings. The number of aliphatic hydroxyl groups is 2. The average molecular weight is 530 g/mol. The van der Waals surface area contributed by atoms with Crippen LogP contribution in [0.1, 0.15) is 33.9 Å².